The summed E-state index contributed by atoms with van der Waals surface area (Å²) in [5.41, 5.74) is 0.617. The SMILES string of the molecule is CC(=O)CCC(C)(C#Cc1ccccc1)C(=O)c1ccccc1. The largest absolute Gasteiger partial charge is 0.300 e. The van der Waals surface area contributed by atoms with Crippen LogP contribution in [0.25, 0.3) is 0 Å². The van der Waals surface area contributed by atoms with Gasteiger partial charge in [0.15, 0.2) is 5.78 Å². The van der Waals surface area contributed by atoms with Crippen LogP contribution < -0.4 is 0 Å². The van der Waals surface area contributed by atoms with Crippen molar-refractivity contribution in [3.8, 4) is 11.8 Å². The first-order valence-electron chi connectivity index (χ1n) is 7.69. The van der Waals surface area contributed by atoms with E-state index in [1.807, 2.05) is 55.5 Å². The maximum absolute atomic E-state index is 12.9. The molecule has 2 rings (SSSR count). The Balaban J connectivity index is 2.34. The normalized spacial score (nSPS) is 12.6. The molecule has 0 aromatic heterocycles. The first-order chi connectivity index (χ1) is 11.0. The van der Waals surface area contributed by atoms with Gasteiger partial charge in [-0.15, -0.1) is 0 Å². The van der Waals surface area contributed by atoms with E-state index in [0.29, 0.717) is 18.4 Å². The highest BCUT2D eigenvalue weighted by Gasteiger charge is 2.32. The molecule has 116 valence electrons. The molecule has 0 N–H and O–H groups in total. The van der Waals surface area contributed by atoms with Gasteiger partial charge >= 0.3 is 0 Å². The number of ketones is 2. The van der Waals surface area contributed by atoms with Gasteiger partial charge in [-0.2, -0.15) is 0 Å². The molecule has 2 nitrogen and oxygen atoms in total. The van der Waals surface area contributed by atoms with Crippen LogP contribution in [-0.2, 0) is 4.79 Å². The Morgan fingerprint density at radius 1 is 0.957 bits per heavy atom. The Kier molecular flexibility index (Phi) is 5.49. The number of carbonyl (C=O) groups excluding carboxylic acids is 2. The highest BCUT2D eigenvalue weighted by molar-refractivity contribution is 6.02. The average Bonchev–Trinajstić information content (AvgIpc) is 2.59. The molecule has 0 spiro atoms. The number of Topliss-reactive ketones (excluding diaryl/α,β-unsaturated/α-hetero) is 2. The van der Waals surface area contributed by atoms with E-state index < -0.39 is 5.41 Å². The van der Waals surface area contributed by atoms with Crippen molar-refractivity contribution in [2.75, 3.05) is 0 Å². The molecule has 0 bridgehead atoms. The van der Waals surface area contributed by atoms with Gasteiger partial charge in [0.25, 0.3) is 0 Å². The van der Waals surface area contributed by atoms with E-state index in [4.69, 9.17) is 0 Å². The smallest absolute Gasteiger partial charge is 0.180 e. The second kappa shape index (κ2) is 7.56. The third kappa shape index (κ3) is 4.66. The highest BCUT2D eigenvalue weighted by atomic mass is 16.1. The van der Waals surface area contributed by atoms with Crippen LogP contribution in [0.5, 0.6) is 0 Å². The van der Waals surface area contributed by atoms with Crippen LogP contribution in [0.3, 0.4) is 0 Å². The molecule has 0 aliphatic rings. The molecule has 0 amide bonds. The van der Waals surface area contributed by atoms with E-state index in [2.05, 4.69) is 11.8 Å². The summed E-state index contributed by atoms with van der Waals surface area (Å²) in [5.74, 6) is 6.22. The molecule has 2 heteroatoms. The monoisotopic (exact) mass is 304 g/mol. The molecule has 0 radical (unpaired) electrons. The average molecular weight is 304 g/mol. The summed E-state index contributed by atoms with van der Waals surface area (Å²) in [6.45, 7) is 3.36. The lowest BCUT2D eigenvalue weighted by molar-refractivity contribution is -0.117. The van der Waals surface area contributed by atoms with Gasteiger partial charge in [0.1, 0.15) is 5.78 Å². The van der Waals surface area contributed by atoms with Gasteiger partial charge < -0.3 is 4.79 Å². The van der Waals surface area contributed by atoms with Crippen LogP contribution >= 0.6 is 0 Å². The number of hydrogen-bond donors (Lipinski definition) is 0. The first-order valence-corrected chi connectivity index (χ1v) is 7.69. The summed E-state index contributed by atoms with van der Waals surface area (Å²) in [5, 5.41) is 0. The van der Waals surface area contributed by atoms with Crippen molar-refractivity contribution in [2.45, 2.75) is 26.7 Å². The van der Waals surface area contributed by atoms with Crippen LogP contribution in [0, 0.1) is 17.3 Å². The fraction of sp³-hybridized carbons (Fsp3) is 0.238. The summed E-state index contributed by atoms with van der Waals surface area (Å²) in [7, 11) is 0. The zero-order valence-electron chi connectivity index (χ0n) is 13.5. The van der Waals surface area contributed by atoms with Crippen LogP contribution in [-0.4, -0.2) is 11.6 Å². The number of rotatable bonds is 5. The van der Waals surface area contributed by atoms with E-state index >= 15 is 0 Å². The summed E-state index contributed by atoms with van der Waals surface area (Å²) in [6, 6.07) is 18.7. The maximum Gasteiger partial charge on any atom is 0.180 e. The summed E-state index contributed by atoms with van der Waals surface area (Å²) in [4.78, 5) is 24.3. The van der Waals surface area contributed by atoms with Crippen LogP contribution in [0.1, 0.15) is 42.6 Å². The number of carbonyl (C=O) groups is 2. The Morgan fingerprint density at radius 2 is 1.52 bits per heavy atom. The minimum atomic E-state index is -0.872. The lowest BCUT2D eigenvalue weighted by Crippen LogP contribution is -2.27. The molecule has 0 saturated heterocycles. The molecule has 0 heterocycles. The minimum absolute atomic E-state index is 0.0391. The maximum atomic E-state index is 12.9. The van der Waals surface area contributed by atoms with Gasteiger partial charge in [0.2, 0.25) is 0 Å². The van der Waals surface area contributed by atoms with Crippen LogP contribution in [0.2, 0.25) is 0 Å². The third-order valence-electron chi connectivity index (χ3n) is 3.77. The molecule has 2 aromatic carbocycles. The molecular formula is C21H20O2. The van der Waals surface area contributed by atoms with Crippen molar-refractivity contribution in [2.24, 2.45) is 5.41 Å². The Morgan fingerprint density at radius 3 is 2.09 bits per heavy atom. The van der Waals surface area contributed by atoms with Crippen molar-refractivity contribution in [1.29, 1.82) is 0 Å². The molecular weight excluding hydrogens is 284 g/mol. The molecule has 0 saturated carbocycles. The summed E-state index contributed by atoms with van der Waals surface area (Å²) >= 11 is 0. The minimum Gasteiger partial charge on any atom is -0.300 e. The van der Waals surface area contributed by atoms with E-state index in [1.54, 1.807) is 12.1 Å². The van der Waals surface area contributed by atoms with E-state index in [0.717, 1.165) is 5.56 Å². The van der Waals surface area contributed by atoms with Gasteiger partial charge in [0, 0.05) is 17.5 Å². The summed E-state index contributed by atoms with van der Waals surface area (Å²) < 4.78 is 0. The molecule has 0 aliphatic heterocycles. The van der Waals surface area contributed by atoms with E-state index in [-0.39, 0.29) is 11.6 Å². The quantitative estimate of drug-likeness (QED) is 0.610. The zero-order valence-corrected chi connectivity index (χ0v) is 13.5. The molecule has 2 aromatic rings. The predicted octanol–water partition coefficient (Wildman–Crippen LogP) is 4.30. The highest BCUT2D eigenvalue weighted by Crippen LogP contribution is 2.28. The first kappa shape index (κ1) is 16.7. The Hall–Kier alpha value is -2.66. The topological polar surface area (TPSA) is 34.1 Å². The summed E-state index contributed by atoms with van der Waals surface area (Å²) in [6.07, 6.45) is 0.772. The fourth-order valence-electron chi connectivity index (χ4n) is 2.30. The van der Waals surface area contributed by atoms with Crippen molar-refractivity contribution >= 4 is 11.6 Å². The second-order valence-corrected chi connectivity index (χ2v) is 5.85. The molecule has 23 heavy (non-hydrogen) atoms. The fourth-order valence-corrected chi connectivity index (χ4v) is 2.30. The van der Waals surface area contributed by atoms with Gasteiger partial charge in [-0.05, 0) is 32.4 Å². The van der Waals surface area contributed by atoms with Crippen molar-refractivity contribution < 1.29 is 9.59 Å². The molecule has 0 fully saturated rings. The van der Waals surface area contributed by atoms with Gasteiger partial charge in [-0.25, -0.2) is 0 Å². The van der Waals surface area contributed by atoms with E-state index in [9.17, 15) is 9.59 Å². The van der Waals surface area contributed by atoms with Crippen molar-refractivity contribution in [3.05, 3.63) is 71.8 Å². The van der Waals surface area contributed by atoms with Crippen molar-refractivity contribution in [3.63, 3.8) is 0 Å². The van der Waals surface area contributed by atoms with Crippen LogP contribution in [0.4, 0.5) is 0 Å². The second-order valence-electron chi connectivity index (χ2n) is 5.85. The molecule has 1 unspecified atom stereocenters. The third-order valence-corrected chi connectivity index (χ3v) is 3.77. The number of hydrogen-bond acceptors (Lipinski definition) is 2. The van der Waals surface area contributed by atoms with E-state index in [1.165, 1.54) is 6.92 Å². The lowest BCUT2D eigenvalue weighted by Gasteiger charge is -2.21. The standard InChI is InChI=1S/C21H20O2/c1-17(22)13-15-21(2,16-14-18-9-5-3-6-10-18)20(23)19-11-7-4-8-12-19/h3-12H,13,15H2,1-2H3. The predicted molar refractivity (Wildman–Crippen MR) is 92.1 cm³/mol. The number of benzene rings is 2. The molecule has 0 aliphatic carbocycles. The lowest BCUT2D eigenvalue weighted by atomic mass is 9.78. The van der Waals surface area contributed by atoms with Gasteiger partial charge in [-0.3, -0.25) is 4.79 Å². The Labute approximate surface area is 137 Å². The van der Waals surface area contributed by atoms with Gasteiger partial charge in [-0.1, -0.05) is 60.4 Å². The van der Waals surface area contributed by atoms with Gasteiger partial charge in [0.05, 0.1) is 5.41 Å². The van der Waals surface area contributed by atoms with Crippen LogP contribution in [0.15, 0.2) is 60.7 Å². The molecule has 1 atom stereocenters. The van der Waals surface area contributed by atoms with Crippen molar-refractivity contribution in [1.82, 2.24) is 0 Å². The zero-order chi connectivity index (χ0) is 16.7. The Bertz CT molecular complexity index is 736.